The molecule has 0 heterocycles. The fourth-order valence-corrected chi connectivity index (χ4v) is 1.64. The molecule has 0 aliphatic heterocycles. The summed E-state index contributed by atoms with van der Waals surface area (Å²) in [6.45, 7) is 3.44. The Morgan fingerprint density at radius 3 is 2.89 bits per heavy atom. The number of halogens is 1. The maximum Gasteiger partial charge on any atom is 0.188 e. The van der Waals surface area contributed by atoms with Crippen LogP contribution in [0.1, 0.15) is 38.2 Å². The summed E-state index contributed by atoms with van der Waals surface area (Å²) in [6.07, 6.45) is 4.79. The molecule has 100 valence electrons. The van der Waals surface area contributed by atoms with E-state index in [0.29, 0.717) is 12.5 Å². The van der Waals surface area contributed by atoms with Gasteiger partial charge in [0.15, 0.2) is 5.96 Å². The van der Waals surface area contributed by atoms with Crippen molar-refractivity contribution >= 4 is 5.96 Å². The van der Waals surface area contributed by atoms with Gasteiger partial charge in [-0.25, -0.2) is 9.38 Å². The molecule has 4 heteroatoms. The highest BCUT2D eigenvalue weighted by Crippen LogP contribution is 2.04. The van der Waals surface area contributed by atoms with Crippen molar-refractivity contribution in [2.75, 3.05) is 6.54 Å². The van der Waals surface area contributed by atoms with Gasteiger partial charge in [-0.05, 0) is 24.1 Å². The van der Waals surface area contributed by atoms with E-state index in [1.165, 1.54) is 31.4 Å². The van der Waals surface area contributed by atoms with E-state index >= 15 is 0 Å². The summed E-state index contributed by atoms with van der Waals surface area (Å²) in [4.78, 5) is 4.17. The van der Waals surface area contributed by atoms with Crippen molar-refractivity contribution in [3.63, 3.8) is 0 Å². The zero-order valence-corrected chi connectivity index (χ0v) is 11.0. The molecule has 0 fully saturated rings. The molecule has 0 bridgehead atoms. The largest absolute Gasteiger partial charge is 0.370 e. The van der Waals surface area contributed by atoms with Crippen molar-refractivity contribution < 1.29 is 4.39 Å². The number of benzene rings is 1. The molecule has 0 atom stereocenters. The molecule has 0 radical (unpaired) electrons. The van der Waals surface area contributed by atoms with Gasteiger partial charge < -0.3 is 11.1 Å². The van der Waals surface area contributed by atoms with Gasteiger partial charge in [0, 0.05) is 6.54 Å². The highest BCUT2D eigenvalue weighted by molar-refractivity contribution is 5.77. The average Bonchev–Trinajstić information content (AvgIpc) is 2.36. The van der Waals surface area contributed by atoms with E-state index < -0.39 is 0 Å². The van der Waals surface area contributed by atoms with Gasteiger partial charge in [-0.2, -0.15) is 0 Å². The van der Waals surface area contributed by atoms with Crippen LogP contribution in [0.3, 0.4) is 0 Å². The van der Waals surface area contributed by atoms with Crippen LogP contribution in [0.15, 0.2) is 29.3 Å². The first kappa shape index (κ1) is 14.5. The van der Waals surface area contributed by atoms with E-state index in [-0.39, 0.29) is 5.82 Å². The van der Waals surface area contributed by atoms with Crippen LogP contribution in [-0.2, 0) is 6.54 Å². The molecule has 0 amide bonds. The van der Waals surface area contributed by atoms with E-state index in [1.54, 1.807) is 6.07 Å². The van der Waals surface area contributed by atoms with E-state index in [4.69, 9.17) is 5.73 Å². The predicted octanol–water partition coefficient (Wildman–Crippen LogP) is 2.81. The van der Waals surface area contributed by atoms with Gasteiger partial charge in [0.05, 0.1) is 6.54 Å². The van der Waals surface area contributed by atoms with Gasteiger partial charge in [0.2, 0.25) is 0 Å². The molecule has 1 aromatic rings. The first-order valence-electron chi connectivity index (χ1n) is 6.50. The molecule has 0 unspecified atom stereocenters. The molecule has 3 nitrogen and oxygen atoms in total. The Labute approximate surface area is 108 Å². The Kier molecular flexibility index (Phi) is 6.84. The first-order valence-corrected chi connectivity index (χ1v) is 6.50. The molecule has 0 spiro atoms. The summed E-state index contributed by atoms with van der Waals surface area (Å²) in [5.74, 6) is 0.185. The van der Waals surface area contributed by atoms with Gasteiger partial charge in [0.1, 0.15) is 5.82 Å². The molecule has 0 aromatic heterocycles. The third-order valence-corrected chi connectivity index (χ3v) is 2.66. The fourth-order valence-electron chi connectivity index (χ4n) is 1.64. The van der Waals surface area contributed by atoms with Crippen LogP contribution in [0.5, 0.6) is 0 Å². The standard InChI is InChI=1S/C14H22FN3/c1-2-3-4-5-9-17-14(16)18-11-12-7-6-8-13(15)10-12/h6-8,10H,2-5,9,11H2,1H3,(H3,16,17,18). The molecule has 3 N–H and O–H groups in total. The minimum atomic E-state index is -0.242. The number of nitrogens with zero attached hydrogens (tertiary/aromatic N) is 1. The lowest BCUT2D eigenvalue weighted by Crippen LogP contribution is -2.32. The lowest BCUT2D eigenvalue weighted by molar-refractivity contribution is 0.625. The number of hydrogen-bond acceptors (Lipinski definition) is 1. The van der Waals surface area contributed by atoms with Crippen molar-refractivity contribution in [2.24, 2.45) is 10.7 Å². The summed E-state index contributed by atoms with van der Waals surface area (Å²) >= 11 is 0. The number of guanidine groups is 1. The van der Waals surface area contributed by atoms with Gasteiger partial charge in [-0.3, -0.25) is 0 Å². The molecular weight excluding hydrogens is 229 g/mol. The Bertz CT molecular complexity index is 377. The molecule has 0 aliphatic carbocycles. The van der Waals surface area contributed by atoms with E-state index in [9.17, 15) is 4.39 Å². The second-order valence-corrected chi connectivity index (χ2v) is 4.32. The monoisotopic (exact) mass is 251 g/mol. The minimum absolute atomic E-state index is 0.242. The van der Waals surface area contributed by atoms with E-state index in [0.717, 1.165) is 18.5 Å². The maximum absolute atomic E-state index is 12.9. The van der Waals surface area contributed by atoms with Crippen LogP contribution in [0.25, 0.3) is 0 Å². The third kappa shape index (κ3) is 6.23. The number of unbranched alkanes of at least 4 members (excludes halogenated alkanes) is 3. The number of nitrogens with two attached hydrogens (primary N) is 1. The van der Waals surface area contributed by atoms with E-state index in [2.05, 4.69) is 17.2 Å². The van der Waals surface area contributed by atoms with Crippen molar-refractivity contribution in [3.8, 4) is 0 Å². The van der Waals surface area contributed by atoms with Crippen LogP contribution in [0.4, 0.5) is 4.39 Å². The van der Waals surface area contributed by atoms with Crippen LogP contribution in [0, 0.1) is 5.82 Å². The number of rotatable bonds is 7. The van der Waals surface area contributed by atoms with E-state index in [1.807, 2.05) is 6.07 Å². The molecule has 1 rings (SSSR count). The van der Waals surface area contributed by atoms with Gasteiger partial charge in [0.25, 0.3) is 0 Å². The molecule has 18 heavy (non-hydrogen) atoms. The molecule has 0 aliphatic rings. The molecule has 0 saturated heterocycles. The third-order valence-electron chi connectivity index (χ3n) is 2.66. The summed E-state index contributed by atoms with van der Waals surface area (Å²) in [6, 6.07) is 6.40. The fraction of sp³-hybridized carbons (Fsp3) is 0.500. The lowest BCUT2D eigenvalue weighted by atomic mass is 10.2. The zero-order chi connectivity index (χ0) is 13.2. The summed E-state index contributed by atoms with van der Waals surface area (Å²) in [5.41, 5.74) is 6.54. The summed E-state index contributed by atoms with van der Waals surface area (Å²) in [5, 5.41) is 3.06. The SMILES string of the molecule is CCCCCCNC(N)=NCc1cccc(F)c1. The Balaban J connectivity index is 2.25. The smallest absolute Gasteiger partial charge is 0.188 e. The van der Waals surface area contributed by atoms with Crippen LogP contribution < -0.4 is 11.1 Å². The van der Waals surface area contributed by atoms with Crippen LogP contribution in [-0.4, -0.2) is 12.5 Å². The minimum Gasteiger partial charge on any atom is -0.370 e. The highest BCUT2D eigenvalue weighted by atomic mass is 19.1. The van der Waals surface area contributed by atoms with Gasteiger partial charge >= 0.3 is 0 Å². The topological polar surface area (TPSA) is 50.4 Å². The summed E-state index contributed by atoms with van der Waals surface area (Å²) < 4.78 is 12.9. The summed E-state index contributed by atoms with van der Waals surface area (Å²) in [7, 11) is 0. The molecule has 1 aromatic carbocycles. The quantitative estimate of drug-likeness (QED) is 0.445. The number of aliphatic imine (C=N–C) groups is 1. The highest BCUT2D eigenvalue weighted by Gasteiger charge is 1.95. The van der Waals surface area contributed by atoms with Crippen molar-refractivity contribution in [1.82, 2.24) is 5.32 Å². The van der Waals surface area contributed by atoms with Crippen molar-refractivity contribution in [2.45, 2.75) is 39.2 Å². The number of nitrogens with one attached hydrogen (secondary N) is 1. The first-order chi connectivity index (χ1) is 8.72. The van der Waals surface area contributed by atoms with Crippen LogP contribution in [0.2, 0.25) is 0 Å². The predicted molar refractivity (Wildman–Crippen MR) is 73.9 cm³/mol. The van der Waals surface area contributed by atoms with Crippen molar-refractivity contribution in [1.29, 1.82) is 0 Å². The Morgan fingerprint density at radius 2 is 2.17 bits per heavy atom. The van der Waals surface area contributed by atoms with Gasteiger partial charge in [-0.15, -0.1) is 0 Å². The Morgan fingerprint density at radius 1 is 1.33 bits per heavy atom. The molecule has 0 saturated carbocycles. The second kappa shape index (κ2) is 8.50. The lowest BCUT2D eigenvalue weighted by Gasteiger charge is -2.05. The number of hydrogen-bond donors (Lipinski definition) is 2. The zero-order valence-electron chi connectivity index (χ0n) is 11.0. The van der Waals surface area contributed by atoms with Crippen molar-refractivity contribution in [3.05, 3.63) is 35.6 Å². The molecular formula is C14H22FN3. The maximum atomic E-state index is 12.9. The Hall–Kier alpha value is -1.58. The average molecular weight is 251 g/mol. The second-order valence-electron chi connectivity index (χ2n) is 4.32. The normalized spacial score (nSPS) is 11.6. The van der Waals surface area contributed by atoms with Crippen LogP contribution >= 0.6 is 0 Å². The van der Waals surface area contributed by atoms with Gasteiger partial charge in [-0.1, -0.05) is 38.3 Å².